The Labute approximate surface area is 98.0 Å². The molecule has 0 unspecified atom stereocenters. The number of aromatic nitrogens is 2. The van der Waals surface area contributed by atoms with E-state index in [1.165, 1.54) is 5.69 Å². The fourth-order valence-corrected chi connectivity index (χ4v) is 1.43. The van der Waals surface area contributed by atoms with E-state index in [0.29, 0.717) is 0 Å². The number of nitrogens with zero attached hydrogens (tertiary/aromatic N) is 2. The highest BCUT2D eigenvalue weighted by Gasteiger charge is 2.10. The predicted molar refractivity (Wildman–Crippen MR) is 65.3 cm³/mol. The zero-order valence-electron chi connectivity index (χ0n) is 10.8. The molecular weight excluding hydrogens is 202 g/mol. The maximum absolute atomic E-state index is 5.04. The second-order valence-electron chi connectivity index (χ2n) is 5.00. The molecule has 0 aliphatic rings. The molecule has 0 radical (unpaired) electrons. The Hall–Kier alpha value is -0.870. The molecule has 0 aliphatic heterocycles. The maximum Gasteiger partial charge on any atom is 0.0522 e. The van der Waals surface area contributed by atoms with Gasteiger partial charge in [0.2, 0.25) is 0 Å². The summed E-state index contributed by atoms with van der Waals surface area (Å²) >= 11 is 0. The molecule has 16 heavy (non-hydrogen) atoms. The lowest BCUT2D eigenvalue weighted by molar-refractivity contribution is 0.188. The van der Waals surface area contributed by atoms with Gasteiger partial charge in [-0.05, 0) is 33.3 Å². The molecule has 0 atom stereocenters. The minimum absolute atomic E-state index is 0.141. The van der Waals surface area contributed by atoms with Crippen molar-refractivity contribution < 1.29 is 4.74 Å². The second kappa shape index (κ2) is 6.01. The van der Waals surface area contributed by atoms with Gasteiger partial charge in [0.1, 0.15) is 0 Å². The van der Waals surface area contributed by atoms with Crippen molar-refractivity contribution in [1.29, 1.82) is 0 Å². The molecule has 4 heteroatoms. The molecule has 0 aliphatic carbocycles. The van der Waals surface area contributed by atoms with Crippen LogP contribution >= 0.6 is 0 Å². The van der Waals surface area contributed by atoms with Crippen LogP contribution in [0.5, 0.6) is 0 Å². The molecule has 1 N–H and O–H groups in total. The standard InChI is InChI=1S/C12H23N3O/c1-12(2,3)13-10-11-6-7-14-15(11)8-5-9-16-4/h6-7,13H,5,8-10H2,1-4H3. The van der Waals surface area contributed by atoms with Crippen LogP contribution in [0.1, 0.15) is 32.9 Å². The first-order valence-corrected chi connectivity index (χ1v) is 5.77. The van der Waals surface area contributed by atoms with Crippen molar-refractivity contribution in [1.82, 2.24) is 15.1 Å². The van der Waals surface area contributed by atoms with E-state index in [-0.39, 0.29) is 5.54 Å². The number of nitrogens with one attached hydrogen (secondary N) is 1. The lowest BCUT2D eigenvalue weighted by Gasteiger charge is -2.20. The molecule has 0 fully saturated rings. The lowest BCUT2D eigenvalue weighted by atomic mass is 10.1. The fourth-order valence-electron chi connectivity index (χ4n) is 1.43. The Morgan fingerprint density at radius 3 is 2.81 bits per heavy atom. The van der Waals surface area contributed by atoms with Crippen molar-refractivity contribution in [3.8, 4) is 0 Å². The van der Waals surface area contributed by atoms with Crippen molar-refractivity contribution in [2.24, 2.45) is 0 Å². The number of methoxy groups -OCH3 is 1. The number of hydrogen-bond donors (Lipinski definition) is 1. The van der Waals surface area contributed by atoms with Crippen LogP contribution < -0.4 is 5.32 Å². The smallest absolute Gasteiger partial charge is 0.0522 e. The Morgan fingerprint density at radius 2 is 2.19 bits per heavy atom. The molecule has 0 amide bonds. The van der Waals surface area contributed by atoms with Crippen molar-refractivity contribution in [3.63, 3.8) is 0 Å². The van der Waals surface area contributed by atoms with Crippen molar-refractivity contribution in [2.75, 3.05) is 13.7 Å². The maximum atomic E-state index is 5.04. The van der Waals surface area contributed by atoms with Gasteiger partial charge in [0, 0.05) is 38.5 Å². The van der Waals surface area contributed by atoms with Crippen LogP contribution in [0, 0.1) is 0 Å². The summed E-state index contributed by atoms with van der Waals surface area (Å²) in [7, 11) is 1.73. The van der Waals surface area contributed by atoms with E-state index < -0.39 is 0 Å². The first kappa shape index (κ1) is 13.2. The largest absolute Gasteiger partial charge is 0.385 e. The molecule has 1 aromatic heterocycles. The van der Waals surface area contributed by atoms with E-state index in [2.05, 4.69) is 37.3 Å². The Kier molecular flexibility index (Phi) is 4.96. The van der Waals surface area contributed by atoms with Gasteiger partial charge in [0.15, 0.2) is 0 Å². The summed E-state index contributed by atoms with van der Waals surface area (Å²) < 4.78 is 7.08. The molecule has 1 heterocycles. The number of aryl methyl sites for hydroxylation is 1. The van der Waals surface area contributed by atoms with Gasteiger partial charge < -0.3 is 10.1 Å². The fraction of sp³-hybridized carbons (Fsp3) is 0.750. The summed E-state index contributed by atoms with van der Waals surface area (Å²) in [5.74, 6) is 0. The van der Waals surface area contributed by atoms with Gasteiger partial charge in [-0.25, -0.2) is 0 Å². The summed E-state index contributed by atoms with van der Waals surface area (Å²) in [4.78, 5) is 0. The number of ether oxygens (including phenoxy) is 1. The molecule has 92 valence electrons. The van der Waals surface area contributed by atoms with Gasteiger partial charge in [-0.2, -0.15) is 5.10 Å². The third-order valence-corrected chi connectivity index (χ3v) is 2.32. The van der Waals surface area contributed by atoms with E-state index in [9.17, 15) is 0 Å². The molecule has 0 saturated heterocycles. The highest BCUT2D eigenvalue weighted by molar-refractivity contribution is 5.00. The topological polar surface area (TPSA) is 39.1 Å². The molecule has 0 spiro atoms. The SMILES string of the molecule is COCCCn1nccc1CNC(C)(C)C. The zero-order valence-corrected chi connectivity index (χ0v) is 10.8. The summed E-state index contributed by atoms with van der Waals surface area (Å²) in [6.45, 7) is 9.06. The van der Waals surface area contributed by atoms with E-state index in [1.54, 1.807) is 7.11 Å². The van der Waals surface area contributed by atoms with Gasteiger partial charge in [0.25, 0.3) is 0 Å². The van der Waals surface area contributed by atoms with Crippen LogP contribution in [-0.4, -0.2) is 29.0 Å². The first-order valence-electron chi connectivity index (χ1n) is 5.77. The zero-order chi connectivity index (χ0) is 12.0. The van der Waals surface area contributed by atoms with E-state index in [0.717, 1.165) is 26.1 Å². The van der Waals surface area contributed by atoms with Gasteiger partial charge in [0.05, 0.1) is 5.69 Å². The first-order chi connectivity index (χ1) is 7.53. The van der Waals surface area contributed by atoms with Crippen molar-refractivity contribution >= 4 is 0 Å². The summed E-state index contributed by atoms with van der Waals surface area (Å²) in [5.41, 5.74) is 1.37. The van der Waals surface area contributed by atoms with Crippen molar-refractivity contribution in [2.45, 2.75) is 45.8 Å². The highest BCUT2D eigenvalue weighted by Crippen LogP contribution is 2.04. The molecule has 0 saturated carbocycles. The van der Waals surface area contributed by atoms with Gasteiger partial charge in [-0.15, -0.1) is 0 Å². The number of hydrogen-bond acceptors (Lipinski definition) is 3. The van der Waals surface area contributed by atoms with E-state index >= 15 is 0 Å². The minimum Gasteiger partial charge on any atom is -0.385 e. The normalized spacial score (nSPS) is 12.0. The Morgan fingerprint density at radius 1 is 1.44 bits per heavy atom. The quantitative estimate of drug-likeness (QED) is 0.750. The molecule has 1 rings (SSSR count). The van der Waals surface area contributed by atoms with Crippen LogP contribution in [0.25, 0.3) is 0 Å². The third-order valence-electron chi connectivity index (χ3n) is 2.32. The van der Waals surface area contributed by atoms with Gasteiger partial charge in [-0.3, -0.25) is 4.68 Å². The Balaban J connectivity index is 2.44. The van der Waals surface area contributed by atoms with Gasteiger partial charge >= 0.3 is 0 Å². The van der Waals surface area contributed by atoms with E-state index in [4.69, 9.17) is 4.74 Å². The van der Waals surface area contributed by atoms with Crippen LogP contribution in [0.3, 0.4) is 0 Å². The van der Waals surface area contributed by atoms with Crippen LogP contribution in [0.15, 0.2) is 12.3 Å². The molecule has 1 aromatic rings. The molecule has 4 nitrogen and oxygen atoms in total. The average molecular weight is 225 g/mol. The summed E-state index contributed by atoms with van der Waals surface area (Å²) in [6.07, 6.45) is 2.85. The monoisotopic (exact) mass is 225 g/mol. The number of rotatable bonds is 6. The van der Waals surface area contributed by atoms with Crippen LogP contribution in [-0.2, 0) is 17.8 Å². The lowest BCUT2D eigenvalue weighted by Crippen LogP contribution is -2.35. The van der Waals surface area contributed by atoms with Gasteiger partial charge in [-0.1, -0.05) is 0 Å². The highest BCUT2D eigenvalue weighted by atomic mass is 16.5. The molecular formula is C12H23N3O. The third kappa shape index (κ3) is 4.77. The average Bonchev–Trinajstić information content (AvgIpc) is 2.62. The predicted octanol–water partition coefficient (Wildman–Crippen LogP) is 1.81. The summed E-state index contributed by atoms with van der Waals surface area (Å²) in [5, 5.41) is 7.77. The van der Waals surface area contributed by atoms with Crippen LogP contribution in [0.2, 0.25) is 0 Å². The van der Waals surface area contributed by atoms with E-state index in [1.807, 2.05) is 10.9 Å². The Bertz CT molecular complexity index is 301. The second-order valence-corrected chi connectivity index (χ2v) is 5.00. The van der Waals surface area contributed by atoms with Crippen LogP contribution in [0.4, 0.5) is 0 Å². The molecule has 0 aromatic carbocycles. The van der Waals surface area contributed by atoms with Crippen molar-refractivity contribution in [3.05, 3.63) is 18.0 Å². The summed E-state index contributed by atoms with van der Waals surface area (Å²) in [6, 6.07) is 2.06. The molecule has 0 bridgehead atoms. The minimum atomic E-state index is 0.141.